The van der Waals surface area contributed by atoms with Gasteiger partial charge in [0, 0.05) is 0 Å². The predicted molar refractivity (Wildman–Crippen MR) is 99.2 cm³/mol. The molecule has 0 aliphatic rings. The lowest BCUT2D eigenvalue weighted by Crippen LogP contribution is -3.00. The van der Waals surface area contributed by atoms with Gasteiger partial charge in [-0.3, -0.25) is 0 Å². The normalized spacial score (nSPS) is 11.3. The second kappa shape index (κ2) is 14.0. The molecule has 2 heteroatoms. The first kappa shape index (κ1) is 22.7. The Labute approximate surface area is 155 Å². The summed E-state index contributed by atoms with van der Waals surface area (Å²) >= 11 is 0. The molecule has 1 nitrogen and oxygen atoms in total. The van der Waals surface area contributed by atoms with Gasteiger partial charge in [0.05, 0.1) is 26.7 Å². The third-order valence-electron chi connectivity index (χ3n) is 4.86. The molecule has 0 saturated heterocycles. The second-order valence-electron chi connectivity index (χ2n) is 7.15. The number of halogens is 1. The summed E-state index contributed by atoms with van der Waals surface area (Å²) in [7, 11) is 2.49. The van der Waals surface area contributed by atoms with E-state index in [0.29, 0.717) is 0 Å². The summed E-state index contributed by atoms with van der Waals surface area (Å²) in [6.45, 7) is 8.73. The van der Waals surface area contributed by atoms with Crippen LogP contribution in [0.25, 0.3) is 0 Å². The maximum atomic E-state index is 2.49. The Hall–Kier alpha value is -0.340. The summed E-state index contributed by atoms with van der Waals surface area (Å²) in [5.41, 5.74) is 1.49. The molecule has 23 heavy (non-hydrogen) atoms. The number of unbranched alkanes of at least 4 members (excludes halogenated alkanes) is 5. The van der Waals surface area contributed by atoms with Crippen molar-refractivity contribution in [3.05, 3.63) is 35.9 Å². The smallest absolute Gasteiger partial charge is 0.0784 e. The van der Waals surface area contributed by atoms with Gasteiger partial charge in [0.2, 0.25) is 0 Å². The lowest BCUT2D eigenvalue weighted by atomic mass is 10.1. The van der Waals surface area contributed by atoms with Crippen LogP contribution < -0.4 is 17.0 Å². The van der Waals surface area contributed by atoms with Crippen LogP contribution in [0.2, 0.25) is 0 Å². The Bertz CT molecular complexity index is 353. The van der Waals surface area contributed by atoms with Crippen LogP contribution in [-0.4, -0.2) is 31.2 Å². The standard InChI is InChI=1S/C21H38N.BrH/c1-4-6-12-18-22(3,19-13-7-5-2)20-14-11-17-21-15-9-8-10-16-21;/h8-10,15-16H,4-7,11-14,17-20H2,1-3H3;1H/q+1;/p-1. The summed E-state index contributed by atoms with van der Waals surface area (Å²) in [5, 5.41) is 0. The molecule has 0 N–H and O–H groups in total. The van der Waals surface area contributed by atoms with Crippen molar-refractivity contribution in [3.8, 4) is 0 Å². The van der Waals surface area contributed by atoms with Crippen LogP contribution in [0.1, 0.15) is 70.8 Å². The molecule has 1 aromatic carbocycles. The molecule has 0 atom stereocenters. The Morgan fingerprint density at radius 1 is 0.696 bits per heavy atom. The van der Waals surface area contributed by atoms with Crippen LogP contribution in [-0.2, 0) is 6.42 Å². The third kappa shape index (κ3) is 10.9. The van der Waals surface area contributed by atoms with E-state index in [1.54, 1.807) is 0 Å². The first-order valence-corrected chi connectivity index (χ1v) is 9.57. The summed E-state index contributed by atoms with van der Waals surface area (Å²) in [6.07, 6.45) is 12.2. The molecule has 0 aliphatic carbocycles. The number of hydrogen-bond donors (Lipinski definition) is 0. The Morgan fingerprint density at radius 2 is 1.17 bits per heavy atom. The molecule has 1 rings (SSSR count). The zero-order valence-corrected chi connectivity index (χ0v) is 17.3. The maximum absolute atomic E-state index is 2.49. The molecule has 134 valence electrons. The highest BCUT2D eigenvalue weighted by atomic mass is 79.9. The van der Waals surface area contributed by atoms with Crippen molar-refractivity contribution in [3.63, 3.8) is 0 Å². The average Bonchev–Trinajstić information content (AvgIpc) is 2.53. The molecular formula is C21H38BrN. The van der Waals surface area contributed by atoms with Crippen molar-refractivity contribution in [2.75, 3.05) is 26.7 Å². The van der Waals surface area contributed by atoms with Gasteiger partial charge in [0.1, 0.15) is 0 Å². The van der Waals surface area contributed by atoms with E-state index in [-0.39, 0.29) is 17.0 Å². The fourth-order valence-corrected chi connectivity index (χ4v) is 3.29. The van der Waals surface area contributed by atoms with Crippen LogP contribution in [0, 0.1) is 0 Å². The van der Waals surface area contributed by atoms with Crippen molar-refractivity contribution in [1.29, 1.82) is 0 Å². The van der Waals surface area contributed by atoms with E-state index < -0.39 is 0 Å². The van der Waals surface area contributed by atoms with Crippen LogP contribution in [0.3, 0.4) is 0 Å². The van der Waals surface area contributed by atoms with E-state index in [4.69, 9.17) is 0 Å². The fraction of sp³-hybridized carbons (Fsp3) is 0.714. The second-order valence-corrected chi connectivity index (χ2v) is 7.15. The van der Waals surface area contributed by atoms with Gasteiger partial charge in [-0.25, -0.2) is 0 Å². The molecule has 0 heterocycles. The molecule has 0 fully saturated rings. The van der Waals surface area contributed by atoms with Crippen LogP contribution in [0.15, 0.2) is 30.3 Å². The third-order valence-corrected chi connectivity index (χ3v) is 4.86. The highest BCUT2D eigenvalue weighted by Crippen LogP contribution is 2.14. The zero-order valence-electron chi connectivity index (χ0n) is 15.7. The molecule has 0 amide bonds. The molecule has 0 radical (unpaired) electrons. The van der Waals surface area contributed by atoms with Crippen molar-refractivity contribution in [2.45, 2.75) is 71.6 Å². The van der Waals surface area contributed by atoms with Crippen LogP contribution >= 0.6 is 0 Å². The minimum absolute atomic E-state index is 0. The van der Waals surface area contributed by atoms with E-state index >= 15 is 0 Å². The number of benzene rings is 1. The lowest BCUT2D eigenvalue weighted by molar-refractivity contribution is -0.910. The largest absolute Gasteiger partial charge is 1.00 e. The van der Waals surface area contributed by atoms with Gasteiger partial charge in [0.15, 0.2) is 0 Å². The van der Waals surface area contributed by atoms with Crippen molar-refractivity contribution in [1.82, 2.24) is 0 Å². The molecule has 0 unspecified atom stereocenters. The van der Waals surface area contributed by atoms with Gasteiger partial charge in [-0.05, 0) is 50.5 Å². The molecule has 0 spiro atoms. The van der Waals surface area contributed by atoms with Crippen molar-refractivity contribution >= 4 is 0 Å². The molecule has 0 aromatic heterocycles. The highest BCUT2D eigenvalue weighted by Gasteiger charge is 2.19. The quantitative estimate of drug-likeness (QED) is 0.362. The molecular weight excluding hydrogens is 346 g/mol. The topological polar surface area (TPSA) is 0 Å². The number of quaternary nitrogens is 1. The van der Waals surface area contributed by atoms with Crippen LogP contribution in [0.4, 0.5) is 0 Å². The molecule has 0 bridgehead atoms. The number of nitrogens with zero attached hydrogens (tertiary/aromatic N) is 1. The first-order chi connectivity index (χ1) is 10.7. The van der Waals surface area contributed by atoms with E-state index in [0.717, 1.165) is 0 Å². The van der Waals surface area contributed by atoms with Crippen molar-refractivity contribution in [2.24, 2.45) is 0 Å². The van der Waals surface area contributed by atoms with E-state index in [1.807, 2.05) is 0 Å². The summed E-state index contributed by atoms with van der Waals surface area (Å²) in [4.78, 5) is 0. The zero-order chi connectivity index (χ0) is 16.1. The monoisotopic (exact) mass is 383 g/mol. The van der Waals surface area contributed by atoms with Gasteiger partial charge in [-0.2, -0.15) is 0 Å². The molecule has 0 aliphatic heterocycles. The SMILES string of the molecule is CCCCC[N+](C)(CCCCC)CCCCc1ccccc1.[Br-]. The average molecular weight is 384 g/mol. The predicted octanol–water partition coefficient (Wildman–Crippen LogP) is 2.84. The minimum Gasteiger partial charge on any atom is -1.00 e. The van der Waals surface area contributed by atoms with Crippen molar-refractivity contribution < 1.29 is 21.5 Å². The number of rotatable bonds is 13. The van der Waals surface area contributed by atoms with Gasteiger partial charge < -0.3 is 21.5 Å². The van der Waals surface area contributed by atoms with Gasteiger partial charge >= 0.3 is 0 Å². The maximum Gasteiger partial charge on any atom is 0.0784 e. The molecule has 0 saturated carbocycles. The Morgan fingerprint density at radius 3 is 1.65 bits per heavy atom. The van der Waals surface area contributed by atoms with E-state index in [9.17, 15) is 0 Å². The fourth-order valence-electron chi connectivity index (χ4n) is 3.29. The Kier molecular flexibility index (Phi) is 13.8. The van der Waals surface area contributed by atoms with Gasteiger partial charge in [-0.1, -0.05) is 57.0 Å². The van der Waals surface area contributed by atoms with E-state index in [1.165, 1.54) is 87.5 Å². The minimum atomic E-state index is 0. The summed E-state index contributed by atoms with van der Waals surface area (Å²) < 4.78 is 1.30. The van der Waals surface area contributed by atoms with E-state index in [2.05, 4.69) is 51.2 Å². The molecule has 1 aromatic rings. The van der Waals surface area contributed by atoms with Gasteiger partial charge in [-0.15, -0.1) is 0 Å². The Balaban J connectivity index is 0.00000484. The van der Waals surface area contributed by atoms with Gasteiger partial charge in [0.25, 0.3) is 0 Å². The number of aryl methyl sites for hydroxylation is 1. The highest BCUT2D eigenvalue weighted by molar-refractivity contribution is 5.14. The summed E-state index contributed by atoms with van der Waals surface area (Å²) in [5.74, 6) is 0. The lowest BCUT2D eigenvalue weighted by Gasteiger charge is -2.35. The summed E-state index contributed by atoms with van der Waals surface area (Å²) in [6, 6.07) is 10.9. The first-order valence-electron chi connectivity index (χ1n) is 9.57. The number of hydrogen-bond acceptors (Lipinski definition) is 0. The van der Waals surface area contributed by atoms with Crippen LogP contribution in [0.5, 0.6) is 0 Å².